The highest BCUT2D eigenvalue weighted by molar-refractivity contribution is 6.36. The molecule has 2 heterocycles. The lowest BCUT2D eigenvalue weighted by Crippen LogP contribution is -2.27. The number of benzene rings is 2. The van der Waals surface area contributed by atoms with Crippen molar-refractivity contribution in [1.29, 1.82) is 0 Å². The van der Waals surface area contributed by atoms with Crippen LogP contribution in [0.25, 0.3) is 11.1 Å². The minimum Gasteiger partial charge on any atom is -0.379 e. The normalized spacial score (nSPS) is 15.2. The van der Waals surface area contributed by atoms with Crippen molar-refractivity contribution in [3.05, 3.63) is 69.8 Å². The molecule has 4 rings (SSSR count). The van der Waals surface area contributed by atoms with Crippen LogP contribution >= 0.6 is 11.6 Å². The van der Waals surface area contributed by atoms with E-state index in [2.05, 4.69) is 15.2 Å². The number of imidazole rings is 1. The zero-order chi connectivity index (χ0) is 24.8. The number of nitrogens with zero attached hydrogens (tertiary/aromatic N) is 3. The predicted octanol–water partition coefficient (Wildman–Crippen LogP) is 4.88. The molecule has 0 bridgehead atoms. The molecule has 0 fully saturated rings. The lowest BCUT2D eigenvalue weighted by Gasteiger charge is -2.21. The Morgan fingerprint density at radius 2 is 1.85 bits per heavy atom. The first-order chi connectivity index (χ1) is 16.0. The fourth-order valence-corrected chi connectivity index (χ4v) is 4.57. The molecular formula is C24H24ClF3N4O2. The Balaban J connectivity index is 1.66. The SMILES string of the molecule is Cc1c(-c2cccc(NC(=O)c3nc4c(n3C)CCN(C)C4)c2Cl)cccc1C(O)C(F)(F)F. The molecule has 2 N–H and O–H groups in total. The van der Waals surface area contributed by atoms with Gasteiger partial charge in [0.25, 0.3) is 5.91 Å². The third kappa shape index (κ3) is 4.43. The number of likely N-dealkylation sites (N-methyl/N-ethyl adjacent to an activating group) is 1. The van der Waals surface area contributed by atoms with Crippen molar-refractivity contribution in [3.8, 4) is 11.1 Å². The first-order valence-corrected chi connectivity index (χ1v) is 11.0. The second kappa shape index (κ2) is 9.05. The van der Waals surface area contributed by atoms with E-state index >= 15 is 0 Å². The summed E-state index contributed by atoms with van der Waals surface area (Å²) in [7, 11) is 3.79. The van der Waals surface area contributed by atoms with E-state index in [4.69, 9.17) is 11.6 Å². The largest absolute Gasteiger partial charge is 0.418 e. The molecule has 180 valence electrons. The van der Waals surface area contributed by atoms with Gasteiger partial charge in [-0.1, -0.05) is 41.9 Å². The Bertz CT molecular complexity index is 1260. The summed E-state index contributed by atoms with van der Waals surface area (Å²) >= 11 is 6.60. The van der Waals surface area contributed by atoms with Gasteiger partial charge >= 0.3 is 6.18 Å². The van der Waals surface area contributed by atoms with Crippen LogP contribution in [0.1, 0.15) is 39.2 Å². The number of anilines is 1. The van der Waals surface area contributed by atoms with Gasteiger partial charge in [-0.2, -0.15) is 13.2 Å². The van der Waals surface area contributed by atoms with Gasteiger partial charge in [-0.3, -0.25) is 4.79 Å². The maximum atomic E-state index is 13.1. The van der Waals surface area contributed by atoms with Crippen molar-refractivity contribution in [3.63, 3.8) is 0 Å². The number of amides is 1. The summed E-state index contributed by atoms with van der Waals surface area (Å²) in [6.45, 7) is 3.03. The summed E-state index contributed by atoms with van der Waals surface area (Å²) in [5.41, 5.74) is 3.04. The molecule has 34 heavy (non-hydrogen) atoms. The van der Waals surface area contributed by atoms with Crippen molar-refractivity contribution >= 4 is 23.2 Å². The molecule has 1 aromatic heterocycles. The quantitative estimate of drug-likeness (QED) is 0.544. The number of aromatic nitrogens is 2. The zero-order valence-electron chi connectivity index (χ0n) is 18.9. The standard InChI is InChI=1S/C24H24ClF3N4O2/c1-13-14(6-4-7-15(13)21(33)24(26,27)28)16-8-5-9-17(20(16)25)30-23(34)22-29-18-12-31(2)11-10-19(18)32(22)3/h4-9,21,33H,10-12H2,1-3H3,(H,30,34). The highest BCUT2D eigenvalue weighted by Crippen LogP contribution is 2.40. The number of carbonyl (C=O) groups is 1. The van der Waals surface area contributed by atoms with E-state index in [9.17, 15) is 23.1 Å². The van der Waals surface area contributed by atoms with Crippen LogP contribution in [0.2, 0.25) is 5.02 Å². The van der Waals surface area contributed by atoms with Gasteiger partial charge in [0.2, 0.25) is 0 Å². The second-order valence-corrected chi connectivity index (χ2v) is 8.84. The van der Waals surface area contributed by atoms with Crippen LogP contribution in [0.4, 0.5) is 18.9 Å². The topological polar surface area (TPSA) is 70.4 Å². The summed E-state index contributed by atoms with van der Waals surface area (Å²) in [5.74, 6) is -0.176. The number of rotatable bonds is 4. The molecule has 0 radical (unpaired) electrons. The van der Waals surface area contributed by atoms with Crippen molar-refractivity contribution in [2.45, 2.75) is 32.2 Å². The summed E-state index contributed by atoms with van der Waals surface area (Å²) < 4.78 is 41.1. The zero-order valence-corrected chi connectivity index (χ0v) is 19.6. The van der Waals surface area contributed by atoms with E-state index in [1.54, 1.807) is 35.9 Å². The number of carbonyl (C=O) groups excluding carboxylic acids is 1. The van der Waals surface area contributed by atoms with Crippen LogP contribution in [-0.4, -0.2) is 45.2 Å². The highest BCUT2D eigenvalue weighted by Gasteiger charge is 2.40. The smallest absolute Gasteiger partial charge is 0.379 e. The van der Waals surface area contributed by atoms with E-state index < -0.39 is 18.2 Å². The molecule has 2 aromatic carbocycles. The number of halogens is 4. The maximum Gasteiger partial charge on any atom is 0.418 e. The van der Waals surface area contributed by atoms with Crippen molar-refractivity contribution in [2.24, 2.45) is 7.05 Å². The van der Waals surface area contributed by atoms with Gasteiger partial charge in [-0.05, 0) is 36.7 Å². The summed E-state index contributed by atoms with van der Waals surface area (Å²) in [5, 5.41) is 12.7. The van der Waals surface area contributed by atoms with Gasteiger partial charge in [0, 0.05) is 37.8 Å². The molecular weight excluding hydrogens is 469 g/mol. The predicted molar refractivity (Wildman–Crippen MR) is 124 cm³/mol. The fourth-order valence-electron chi connectivity index (χ4n) is 4.29. The van der Waals surface area contributed by atoms with Gasteiger partial charge < -0.3 is 19.9 Å². The maximum absolute atomic E-state index is 13.1. The van der Waals surface area contributed by atoms with Gasteiger partial charge in [0.15, 0.2) is 11.9 Å². The Labute approximate surface area is 200 Å². The first-order valence-electron chi connectivity index (χ1n) is 10.7. The molecule has 1 aliphatic rings. The summed E-state index contributed by atoms with van der Waals surface area (Å²) in [6.07, 6.45) is -6.61. The van der Waals surface area contributed by atoms with Crippen LogP contribution in [-0.2, 0) is 20.0 Å². The number of aliphatic hydroxyl groups excluding tert-OH is 1. The van der Waals surface area contributed by atoms with Crippen molar-refractivity contribution in [1.82, 2.24) is 14.5 Å². The van der Waals surface area contributed by atoms with E-state index in [1.165, 1.54) is 19.1 Å². The van der Waals surface area contributed by atoms with E-state index in [1.807, 2.05) is 7.05 Å². The molecule has 3 aromatic rings. The summed E-state index contributed by atoms with van der Waals surface area (Å²) in [6, 6.07) is 9.21. The molecule has 0 spiro atoms. The van der Waals surface area contributed by atoms with E-state index in [0.29, 0.717) is 23.4 Å². The van der Waals surface area contributed by atoms with Crippen LogP contribution < -0.4 is 5.32 Å². The molecule has 1 amide bonds. The number of hydrogen-bond donors (Lipinski definition) is 2. The van der Waals surface area contributed by atoms with Gasteiger partial charge in [0.1, 0.15) is 0 Å². The molecule has 6 nitrogen and oxygen atoms in total. The van der Waals surface area contributed by atoms with E-state index in [-0.39, 0.29) is 22.0 Å². The summed E-state index contributed by atoms with van der Waals surface area (Å²) in [4.78, 5) is 19.7. The molecule has 0 saturated heterocycles. The molecule has 0 aliphatic carbocycles. The van der Waals surface area contributed by atoms with Gasteiger partial charge in [0.05, 0.1) is 16.4 Å². The van der Waals surface area contributed by atoms with Crippen molar-refractivity contribution in [2.75, 3.05) is 18.9 Å². The molecule has 10 heteroatoms. The Morgan fingerprint density at radius 3 is 2.56 bits per heavy atom. The van der Waals surface area contributed by atoms with Gasteiger partial charge in [-0.15, -0.1) is 0 Å². The number of nitrogens with one attached hydrogen (secondary N) is 1. The lowest BCUT2D eigenvalue weighted by atomic mass is 9.93. The average Bonchev–Trinajstić information content (AvgIpc) is 3.10. The Kier molecular flexibility index (Phi) is 6.46. The molecule has 1 unspecified atom stereocenters. The fraction of sp³-hybridized carbons (Fsp3) is 0.333. The third-order valence-corrected chi connectivity index (χ3v) is 6.57. The average molecular weight is 493 g/mol. The second-order valence-electron chi connectivity index (χ2n) is 8.46. The lowest BCUT2D eigenvalue weighted by molar-refractivity contribution is -0.206. The number of aliphatic hydroxyl groups is 1. The minimum atomic E-state index is -4.79. The molecule has 0 saturated carbocycles. The van der Waals surface area contributed by atoms with Gasteiger partial charge in [-0.25, -0.2) is 4.98 Å². The number of fused-ring (bicyclic) bond motifs is 1. The van der Waals surface area contributed by atoms with Crippen LogP contribution in [0.5, 0.6) is 0 Å². The number of hydrogen-bond acceptors (Lipinski definition) is 4. The van der Waals surface area contributed by atoms with Crippen molar-refractivity contribution < 1.29 is 23.1 Å². The van der Waals surface area contributed by atoms with E-state index in [0.717, 1.165) is 24.4 Å². The van der Waals surface area contributed by atoms with Crippen LogP contribution in [0.3, 0.4) is 0 Å². The Morgan fingerprint density at radius 1 is 1.18 bits per heavy atom. The number of alkyl halides is 3. The highest BCUT2D eigenvalue weighted by atomic mass is 35.5. The van der Waals surface area contributed by atoms with Crippen LogP contribution in [0.15, 0.2) is 36.4 Å². The minimum absolute atomic E-state index is 0.177. The third-order valence-electron chi connectivity index (χ3n) is 6.17. The Hall–Kier alpha value is -2.88. The van der Waals surface area contributed by atoms with Crippen LogP contribution in [0, 0.1) is 6.92 Å². The molecule has 1 atom stereocenters. The first kappa shape index (κ1) is 24.3. The molecule has 1 aliphatic heterocycles. The monoisotopic (exact) mass is 492 g/mol.